The van der Waals surface area contributed by atoms with Crippen molar-refractivity contribution >= 4 is 11.3 Å². The fourth-order valence-corrected chi connectivity index (χ4v) is 2.27. The second kappa shape index (κ2) is 3.58. The third kappa shape index (κ3) is 2.08. The molecule has 68 valence electrons. The van der Waals surface area contributed by atoms with Crippen LogP contribution in [-0.4, -0.2) is 5.11 Å². The van der Waals surface area contributed by atoms with Gasteiger partial charge in [-0.3, -0.25) is 0 Å². The van der Waals surface area contributed by atoms with E-state index in [4.69, 9.17) is 0 Å². The molecule has 0 aliphatic rings. The smallest absolute Gasteiger partial charge is 0.0959 e. The van der Waals surface area contributed by atoms with Crippen LogP contribution in [0.25, 0.3) is 0 Å². The van der Waals surface area contributed by atoms with Gasteiger partial charge in [0.1, 0.15) is 0 Å². The Morgan fingerprint density at radius 1 is 1.50 bits per heavy atom. The minimum atomic E-state index is -0.617. The number of thiophene rings is 1. The summed E-state index contributed by atoms with van der Waals surface area (Å²) in [4.78, 5) is 2.35. The molecule has 0 bridgehead atoms. The van der Waals surface area contributed by atoms with Crippen molar-refractivity contribution in [1.29, 1.82) is 0 Å². The van der Waals surface area contributed by atoms with Crippen molar-refractivity contribution in [2.75, 3.05) is 0 Å². The Labute approximate surface area is 78.1 Å². The number of rotatable bonds is 3. The Bertz CT molecular complexity index is 250. The Kier molecular flexibility index (Phi) is 2.91. The number of hydrogen-bond acceptors (Lipinski definition) is 2. The predicted molar refractivity (Wildman–Crippen MR) is 53.5 cm³/mol. The normalized spacial score (nSPS) is 16.0. The van der Waals surface area contributed by atoms with Crippen molar-refractivity contribution in [3.8, 4) is 0 Å². The Balaban J connectivity index is 2.81. The van der Waals surface area contributed by atoms with Crippen molar-refractivity contribution in [3.05, 3.63) is 21.9 Å². The van der Waals surface area contributed by atoms with Gasteiger partial charge in [-0.25, -0.2) is 0 Å². The zero-order valence-electron chi connectivity index (χ0n) is 7.92. The summed E-state index contributed by atoms with van der Waals surface area (Å²) in [6.45, 7) is 6.05. The molecule has 0 aromatic carbocycles. The van der Waals surface area contributed by atoms with Crippen LogP contribution in [0, 0.1) is 6.92 Å². The van der Waals surface area contributed by atoms with Crippen molar-refractivity contribution in [1.82, 2.24) is 0 Å². The van der Waals surface area contributed by atoms with Crippen LogP contribution < -0.4 is 0 Å². The van der Waals surface area contributed by atoms with Crippen molar-refractivity contribution in [3.63, 3.8) is 0 Å². The molecule has 1 aromatic rings. The van der Waals surface area contributed by atoms with E-state index >= 15 is 0 Å². The van der Waals surface area contributed by atoms with Gasteiger partial charge in [-0.2, -0.15) is 0 Å². The fraction of sp³-hybridized carbons (Fsp3) is 0.600. The molecule has 0 saturated heterocycles. The molecule has 1 nitrogen and oxygen atoms in total. The first-order chi connectivity index (χ1) is 5.56. The number of hydrogen-bond donors (Lipinski definition) is 1. The highest BCUT2D eigenvalue weighted by Crippen LogP contribution is 2.31. The molecular formula is C10H16OS. The summed E-state index contributed by atoms with van der Waals surface area (Å²) in [7, 11) is 0. The molecule has 1 N–H and O–H groups in total. The van der Waals surface area contributed by atoms with Gasteiger partial charge in [-0.1, -0.05) is 13.3 Å². The van der Waals surface area contributed by atoms with E-state index in [1.807, 2.05) is 13.0 Å². The van der Waals surface area contributed by atoms with Crippen molar-refractivity contribution in [2.24, 2.45) is 0 Å². The lowest BCUT2D eigenvalue weighted by Gasteiger charge is -2.20. The van der Waals surface area contributed by atoms with E-state index in [0.29, 0.717) is 0 Å². The minimum Gasteiger partial charge on any atom is -0.385 e. The summed E-state index contributed by atoms with van der Waals surface area (Å²) < 4.78 is 0. The molecule has 2 heteroatoms. The molecule has 0 fully saturated rings. The Morgan fingerprint density at radius 2 is 2.17 bits per heavy atom. The van der Waals surface area contributed by atoms with Gasteiger partial charge in [0.15, 0.2) is 0 Å². The zero-order chi connectivity index (χ0) is 9.19. The molecule has 0 amide bonds. The van der Waals surface area contributed by atoms with E-state index in [1.165, 1.54) is 4.88 Å². The molecule has 0 unspecified atom stereocenters. The minimum absolute atomic E-state index is 0.617. The summed E-state index contributed by atoms with van der Waals surface area (Å²) in [5.74, 6) is 0. The molecule has 1 aromatic heterocycles. The SMILES string of the molecule is CCC[C@](C)(O)c1ccc(C)s1. The van der Waals surface area contributed by atoms with Gasteiger partial charge < -0.3 is 5.11 Å². The summed E-state index contributed by atoms with van der Waals surface area (Å²) in [5, 5.41) is 10.0. The van der Waals surface area contributed by atoms with E-state index in [9.17, 15) is 5.11 Å². The maximum atomic E-state index is 10.0. The molecule has 1 heterocycles. The van der Waals surface area contributed by atoms with Crippen LogP contribution in [0.3, 0.4) is 0 Å². The second-order valence-corrected chi connectivity index (χ2v) is 4.72. The van der Waals surface area contributed by atoms with Crippen LogP contribution in [-0.2, 0) is 5.60 Å². The first-order valence-corrected chi connectivity index (χ1v) is 5.17. The standard InChI is InChI=1S/C10H16OS/c1-4-7-10(3,11)9-6-5-8(2)12-9/h5-6,11H,4,7H2,1-3H3/t10-/m0/s1. The first-order valence-electron chi connectivity index (χ1n) is 4.35. The Hall–Kier alpha value is -0.340. The monoisotopic (exact) mass is 184 g/mol. The first kappa shape index (κ1) is 9.75. The lowest BCUT2D eigenvalue weighted by molar-refractivity contribution is 0.0507. The molecule has 0 saturated carbocycles. The summed E-state index contributed by atoms with van der Waals surface area (Å²) in [5.41, 5.74) is -0.617. The van der Waals surface area contributed by atoms with E-state index in [1.54, 1.807) is 11.3 Å². The van der Waals surface area contributed by atoms with Crippen LogP contribution in [0.15, 0.2) is 12.1 Å². The molecule has 1 atom stereocenters. The second-order valence-electron chi connectivity index (χ2n) is 3.43. The summed E-state index contributed by atoms with van der Waals surface area (Å²) in [6, 6.07) is 4.08. The number of aryl methyl sites for hydroxylation is 1. The highest BCUT2D eigenvalue weighted by Gasteiger charge is 2.22. The van der Waals surface area contributed by atoms with E-state index < -0.39 is 5.60 Å². The van der Waals surface area contributed by atoms with Gasteiger partial charge in [0.2, 0.25) is 0 Å². The average Bonchev–Trinajstić information content (AvgIpc) is 2.36. The fourth-order valence-electron chi connectivity index (χ4n) is 1.33. The van der Waals surface area contributed by atoms with E-state index in [0.717, 1.165) is 17.7 Å². The predicted octanol–water partition coefficient (Wildman–Crippen LogP) is 3.06. The summed E-state index contributed by atoms with van der Waals surface area (Å²) in [6.07, 6.45) is 1.86. The van der Waals surface area contributed by atoms with Gasteiger partial charge in [-0.15, -0.1) is 11.3 Å². The third-order valence-corrected chi connectivity index (χ3v) is 3.26. The molecule has 0 aliphatic carbocycles. The molecule has 0 aliphatic heterocycles. The maximum Gasteiger partial charge on any atom is 0.0959 e. The molecule has 0 spiro atoms. The van der Waals surface area contributed by atoms with Gasteiger partial charge in [0, 0.05) is 9.75 Å². The van der Waals surface area contributed by atoms with Crippen molar-refractivity contribution in [2.45, 2.75) is 39.2 Å². The van der Waals surface area contributed by atoms with Crippen LogP contribution in [0.4, 0.5) is 0 Å². The quantitative estimate of drug-likeness (QED) is 0.765. The van der Waals surface area contributed by atoms with Gasteiger partial charge >= 0.3 is 0 Å². The average molecular weight is 184 g/mol. The number of aliphatic hydroxyl groups is 1. The maximum absolute atomic E-state index is 10.0. The molecule has 0 radical (unpaired) electrons. The van der Waals surface area contributed by atoms with Crippen LogP contribution in [0.5, 0.6) is 0 Å². The topological polar surface area (TPSA) is 20.2 Å². The molecular weight excluding hydrogens is 168 g/mol. The van der Waals surface area contributed by atoms with E-state index in [2.05, 4.69) is 19.9 Å². The van der Waals surface area contributed by atoms with Gasteiger partial charge in [0.05, 0.1) is 5.60 Å². The van der Waals surface area contributed by atoms with Gasteiger partial charge in [-0.05, 0) is 32.4 Å². The van der Waals surface area contributed by atoms with Crippen LogP contribution >= 0.6 is 11.3 Å². The van der Waals surface area contributed by atoms with Crippen LogP contribution in [0.2, 0.25) is 0 Å². The highest BCUT2D eigenvalue weighted by molar-refractivity contribution is 7.12. The summed E-state index contributed by atoms with van der Waals surface area (Å²) >= 11 is 1.68. The largest absolute Gasteiger partial charge is 0.385 e. The lowest BCUT2D eigenvalue weighted by atomic mass is 9.99. The zero-order valence-corrected chi connectivity index (χ0v) is 8.74. The van der Waals surface area contributed by atoms with E-state index in [-0.39, 0.29) is 0 Å². The van der Waals surface area contributed by atoms with Crippen molar-refractivity contribution < 1.29 is 5.11 Å². The van der Waals surface area contributed by atoms with Gasteiger partial charge in [0.25, 0.3) is 0 Å². The third-order valence-electron chi connectivity index (χ3n) is 2.01. The Morgan fingerprint density at radius 3 is 2.58 bits per heavy atom. The lowest BCUT2D eigenvalue weighted by Crippen LogP contribution is -2.18. The van der Waals surface area contributed by atoms with Crippen LogP contribution in [0.1, 0.15) is 36.4 Å². The highest BCUT2D eigenvalue weighted by atomic mass is 32.1. The molecule has 1 rings (SSSR count). The molecule has 12 heavy (non-hydrogen) atoms.